The molecule has 1 amide bonds. The second kappa shape index (κ2) is 5.54. The molecule has 0 unspecified atom stereocenters. The maximum absolute atomic E-state index is 12.5. The summed E-state index contributed by atoms with van der Waals surface area (Å²) in [5.41, 5.74) is 0.830. The molecule has 0 aliphatic carbocycles. The van der Waals surface area contributed by atoms with E-state index in [2.05, 4.69) is 25.6 Å². The van der Waals surface area contributed by atoms with Gasteiger partial charge in [-0.1, -0.05) is 6.07 Å². The predicted octanol–water partition coefficient (Wildman–Crippen LogP) is 0.473. The molecule has 0 saturated heterocycles. The molecule has 1 N–H and O–H groups in total. The number of nitrogens with one attached hydrogen (secondary N) is 1. The number of anilines is 1. The van der Waals surface area contributed by atoms with Gasteiger partial charge in [-0.3, -0.25) is 9.59 Å². The molecule has 9 heteroatoms. The Kier molecular flexibility index (Phi) is 3.23. The monoisotopic (exact) mass is 321 g/mol. The molecule has 0 aromatic carbocycles. The summed E-state index contributed by atoms with van der Waals surface area (Å²) < 4.78 is 2.80. The van der Waals surface area contributed by atoms with Gasteiger partial charge in [0.2, 0.25) is 5.91 Å². The van der Waals surface area contributed by atoms with E-state index < -0.39 is 5.56 Å². The molecule has 0 aliphatic heterocycles. The quantitative estimate of drug-likeness (QED) is 0.588. The minimum absolute atomic E-state index is 0.149. The third-order valence-electron chi connectivity index (χ3n) is 3.47. The summed E-state index contributed by atoms with van der Waals surface area (Å²) in [6.07, 6.45) is 4.68. The molecule has 0 radical (unpaired) electrons. The van der Waals surface area contributed by atoms with Crippen LogP contribution in [-0.4, -0.2) is 35.3 Å². The fourth-order valence-corrected chi connectivity index (χ4v) is 2.37. The normalized spacial score (nSPS) is 11.0. The molecule has 24 heavy (non-hydrogen) atoms. The average molecular weight is 321 g/mol. The van der Waals surface area contributed by atoms with Gasteiger partial charge in [0.1, 0.15) is 17.9 Å². The van der Waals surface area contributed by atoms with Crippen LogP contribution >= 0.6 is 0 Å². The van der Waals surface area contributed by atoms with Crippen molar-refractivity contribution in [2.45, 2.75) is 6.54 Å². The summed E-state index contributed by atoms with van der Waals surface area (Å²) >= 11 is 0. The second-order valence-electron chi connectivity index (χ2n) is 5.05. The Balaban J connectivity index is 1.67. The number of hydrogen-bond donors (Lipinski definition) is 1. The number of rotatable bonds is 3. The standard InChI is InChI=1S/C15H11N7O2/c23-13(18-11-3-1-2-6-16-11)9-21-8-5-10-14(15(21)24)20-19-12-4-7-17-22(10)12/h1-8H,9H2,(H,16,18,23). The van der Waals surface area contributed by atoms with Crippen molar-refractivity contribution in [1.82, 2.24) is 29.4 Å². The van der Waals surface area contributed by atoms with Gasteiger partial charge in [-0.25, -0.2) is 9.50 Å². The third kappa shape index (κ3) is 2.37. The van der Waals surface area contributed by atoms with Crippen LogP contribution < -0.4 is 10.9 Å². The van der Waals surface area contributed by atoms with Gasteiger partial charge in [0.25, 0.3) is 5.56 Å². The number of hydrogen-bond acceptors (Lipinski definition) is 6. The Morgan fingerprint density at radius 3 is 2.88 bits per heavy atom. The van der Waals surface area contributed by atoms with E-state index in [1.54, 1.807) is 42.7 Å². The zero-order chi connectivity index (χ0) is 16.5. The first-order valence-electron chi connectivity index (χ1n) is 7.13. The highest BCUT2D eigenvalue weighted by atomic mass is 16.2. The molecule has 0 atom stereocenters. The van der Waals surface area contributed by atoms with Crippen molar-refractivity contribution in [2.75, 3.05) is 5.32 Å². The van der Waals surface area contributed by atoms with Crippen LogP contribution in [0.25, 0.3) is 16.7 Å². The lowest BCUT2D eigenvalue weighted by Crippen LogP contribution is -2.28. The number of pyridine rings is 2. The Hall–Kier alpha value is -3.62. The van der Waals surface area contributed by atoms with Crippen LogP contribution in [0.5, 0.6) is 0 Å². The summed E-state index contributed by atoms with van der Waals surface area (Å²) in [4.78, 5) is 28.6. The van der Waals surface area contributed by atoms with Crippen molar-refractivity contribution in [3.8, 4) is 0 Å². The van der Waals surface area contributed by atoms with E-state index in [1.807, 2.05) is 0 Å². The lowest BCUT2D eigenvalue weighted by Gasteiger charge is -2.07. The molecule has 9 nitrogen and oxygen atoms in total. The fourth-order valence-electron chi connectivity index (χ4n) is 2.37. The molecule has 0 aliphatic rings. The van der Waals surface area contributed by atoms with Crippen molar-refractivity contribution < 1.29 is 4.79 Å². The average Bonchev–Trinajstić information content (AvgIpc) is 3.07. The number of nitrogens with zero attached hydrogens (tertiary/aromatic N) is 6. The minimum atomic E-state index is -0.409. The predicted molar refractivity (Wildman–Crippen MR) is 85.4 cm³/mol. The van der Waals surface area contributed by atoms with Gasteiger partial charge >= 0.3 is 0 Å². The first kappa shape index (κ1) is 14.0. The molecule has 0 bridgehead atoms. The highest BCUT2D eigenvalue weighted by Gasteiger charge is 2.11. The van der Waals surface area contributed by atoms with Crippen molar-refractivity contribution in [2.24, 2.45) is 0 Å². The van der Waals surface area contributed by atoms with E-state index in [4.69, 9.17) is 0 Å². The van der Waals surface area contributed by atoms with Crippen molar-refractivity contribution in [1.29, 1.82) is 0 Å². The van der Waals surface area contributed by atoms with E-state index in [0.29, 0.717) is 17.0 Å². The van der Waals surface area contributed by atoms with E-state index >= 15 is 0 Å². The minimum Gasteiger partial charge on any atom is -0.309 e. The lowest BCUT2D eigenvalue weighted by atomic mass is 10.3. The molecule has 0 fully saturated rings. The van der Waals surface area contributed by atoms with Crippen molar-refractivity contribution >= 4 is 28.4 Å². The Bertz CT molecular complexity index is 1100. The number of amides is 1. The van der Waals surface area contributed by atoms with Gasteiger partial charge in [-0.15, -0.1) is 10.2 Å². The van der Waals surface area contributed by atoms with Crippen LogP contribution in [-0.2, 0) is 11.3 Å². The first-order valence-corrected chi connectivity index (χ1v) is 7.13. The largest absolute Gasteiger partial charge is 0.309 e. The molecule has 118 valence electrons. The van der Waals surface area contributed by atoms with E-state index in [-0.39, 0.29) is 18.0 Å². The van der Waals surface area contributed by atoms with Crippen molar-refractivity contribution in [3.05, 3.63) is 59.3 Å². The van der Waals surface area contributed by atoms with Crippen LogP contribution in [0.3, 0.4) is 0 Å². The van der Waals surface area contributed by atoms with Gasteiger partial charge in [0.05, 0.1) is 6.20 Å². The summed E-state index contributed by atoms with van der Waals surface area (Å²) in [6.45, 7) is -0.149. The first-order chi connectivity index (χ1) is 11.7. The van der Waals surface area contributed by atoms with Crippen LogP contribution in [0.1, 0.15) is 0 Å². The molecule has 4 rings (SSSR count). The van der Waals surface area contributed by atoms with Gasteiger partial charge in [-0.05, 0) is 18.2 Å². The van der Waals surface area contributed by atoms with Gasteiger partial charge in [-0.2, -0.15) is 5.10 Å². The van der Waals surface area contributed by atoms with Crippen LogP contribution in [0.4, 0.5) is 5.82 Å². The number of aromatic nitrogens is 6. The molecule has 0 spiro atoms. The number of carbonyl (C=O) groups is 1. The van der Waals surface area contributed by atoms with E-state index in [1.165, 1.54) is 15.3 Å². The third-order valence-corrected chi connectivity index (χ3v) is 3.47. The topological polar surface area (TPSA) is 107 Å². The van der Waals surface area contributed by atoms with Gasteiger partial charge in [0.15, 0.2) is 11.2 Å². The van der Waals surface area contributed by atoms with Gasteiger partial charge < -0.3 is 9.88 Å². The molecule has 0 saturated carbocycles. The molecule has 4 heterocycles. The fraction of sp³-hybridized carbons (Fsp3) is 0.0667. The summed E-state index contributed by atoms with van der Waals surface area (Å²) in [6, 6.07) is 8.55. The number of carbonyl (C=O) groups excluding carboxylic acids is 1. The Labute approximate surface area is 134 Å². The summed E-state index contributed by atoms with van der Waals surface area (Å²) in [5.74, 6) is 0.0673. The van der Waals surface area contributed by atoms with Crippen LogP contribution in [0.2, 0.25) is 0 Å². The zero-order valence-corrected chi connectivity index (χ0v) is 12.3. The zero-order valence-electron chi connectivity index (χ0n) is 12.3. The van der Waals surface area contributed by atoms with E-state index in [0.717, 1.165) is 0 Å². The molecule has 4 aromatic heterocycles. The van der Waals surface area contributed by atoms with E-state index in [9.17, 15) is 9.59 Å². The summed E-state index contributed by atoms with van der Waals surface area (Å²) in [7, 11) is 0. The highest BCUT2D eigenvalue weighted by molar-refractivity contribution is 5.89. The Morgan fingerprint density at radius 1 is 1.12 bits per heavy atom. The lowest BCUT2D eigenvalue weighted by molar-refractivity contribution is -0.116. The molecular formula is C15H11N7O2. The highest BCUT2D eigenvalue weighted by Crippen LogP contribution is 2.08. The van der Waals surface area contributed by atoms with Crippen LogP contribution in [0.15, 0.2) is 53.7 Å². The van der Waals surface area contributed by atoms with Crippen molar-refractivity contribution in [3.63, 3.8) is 0 Å². The summed E-state index contributed by atoms with van der Waals surface area (Å²) in [5, 5.41) is 14.6. The maximum Gasteiger partial charge on any atom is 0.281 e. The Morgan fingerprint density at radius 2 is 2.04 bits per heavy atom. The number of fused-ring (bicyclic) bond motifs is 3. The molecular weight excluding hydrogens is 310 g/mol. The maximum atomic E-state index is 12.5. The second-order valence-corrected chi connectivity index (χ2v) is 5.05. The van der Waals surface area contributed by atoms with Crippen LogP contribution in [0, 0.1) is 0 Å². The smallest absolute Gasteiger partial charge is 0.281 e. The van der Waals surface area contributed by atoms with Gasteiger partial charge in [0, 0.05) is 18.5 Å². The molecule has 4 aromatic rings. The SMILES string of the molecule is O=C(Cn1ccc2c(nnc3ccnn32)c1=O)Nc1ccccn1.